The van der Waals surface area contributed by atoms with Gasteiger partial charge in [0.25, 0.3) is 0 Å². The van der Waals surface area contributed by atoms with Gasteiger partial charge in [-0.25, -0.2) is 0 Å². The molecular weight excluding hydrogens is 270 g/mol. The van der Waals surface area contributed by atoms with Crippen molar-refractivity contribution >= 4 is 11.6 Å². The van der Waals surface area contributed by atoms with E-state index in [0.29, 0.717) is 25.5 Å². The summed E-state index contributed by atoms with van der Waals surface area (Å²) in [5.41, 5.74) is 1.49. The van der Waals surface area contributed by atoms with E-state index in [1.165, 1.54) is 0 Å². The van der Waals surface area contributed by atoms with Gasteiger partial charge < -0.3 is 20.1 Å². The topological polar surface area (TPSA) is 74.7 Å². The van der Waals surface area contributed by atoms with Crippen LogP contribution >= 0.6 is 0 Å². The molecule has 6 heteroatoms. The lowest BCUT2D eigenvalue weighted by Gasteiger charge is -2.36. The zero-order valence-electron chi connectivity index (χ0n) is 12.7. The first-order valence-corrected chi connectivity index (χ1v) is 7.28. The summed E-state index contributed by atoms with van der Waals surface area (Å²) in [7, 11) is 0. The highest BCUT2D eigenvalue weighted by Gasteiger charge is 2.30. The Kier molecular flexibility index (Phi) is 5.14. The van der Waals surface area contributed by atoms with Gasteiger partial charge in [-0.05, 0) is 32.9 Å². The van der Waals surface area contributed by atoms with E-state index in [1.54, 1.807) is 19.2 Å². The van der Waals surface area contributed by atoms with Crippen molar-refractivity contribution in [3.05, 3.63) is 24.0 Å². The molecule has 0 bridgehead atoms. The molecule has 0 aromatic carbocycles. The molecule has 1 aliphatic heterocycles. The normalized spacial score (nSPS) is 20.4. The summed E-state index contributed by atoms with van der Waals surface area (Å²) in [6.45, 7) is 7.15. The molecule has 1 fully saturated rings. The number of pyridine rings is 1. The lowest BCUT2D eigenvalue weighted by Crippen LogP contribution is -2.55. The quantitative estimate of drug-likeness (QED) is 0.861. The monoisotopic (exact) mass is 293 g/mol. The number of anilines is 1. The van der Waals surface area contributed by atoms with E-state index in [1.807, 2.05) is 24.8 Å². The summed E-state index contributed by atoms with van der Waals surface area (Å²) in [5.74, 6) is -0.0377. The zero-order valence-corrected chi connectivity index (χ0v) is 12.7. The largest absolute Gasteiger partial charge is 0.387 e. The molecule has 2 rings (SSSR count). The molecule has 1 amide bonds. The molecule has 0 radical (unpaired) electrons. The number of hydrogen-bond acceptors (Lipinski definition) is 5. The molecule has 1 aliphatic rings. The Labute approximate surface area is 125 Å². The molecular formula is C15H23N3O3. The van der Waals surface area contributed by atoms with E-state index in [2.05, 4.69) is 10.3 Å². The molecule has 0 saturated carbocycles. The van der Waals surface area contributed by atoms with Gasteiger partial charge in [0.1, 0.15) is 6.04 Å². The van der Waals surface area contributed by atoms with Gasteiger partial charge in [0.05, 0.1) is 36.9 Å². The maximum absolute atomic E-state index is 12.3. The van der Waals surface area contributed by atoms with Crippen LogP contribution in [-0.4, -0.2) is 47.8 Å². The standard InChI is InChI=1S/C15H23N3O3/c1-10(2)17-15(20)14-9-21-7-6-18(14)12-4-5-13(11(3)19)16-8-12/h4-5,8,10-11,14,19H,6-7,9H2,1-3H3,(H,17,20)/t11-,14?/m0/s1. The number of amides is 1. The van der Waals surface area contributed by atoms with Crippen molar-refractivity contribution in [2.75, 3.05) is 24.7 Å². The average Bonchev–Trinajstić information content (AvgIpc) is 2.46. The second kappa shape index (κ2) is 6.87. The van der Waals surface area contributed by atoms with Gasteiger partial charge in [0.15, 0.2) is 0 Å². The molecule has 0 aliphatic carbocycles. The number of carbonyl (C=O) groups excluding carboxylic acids is 1. The Morgan fingerprint density at radius 1 is 1.48 bits per heavy atom. The number of carbonyl (C=O) groups is 1. The molecule has 1 unspecified atom stereocenters. The maximum atomic E-state index is 12.3. The fourth-order valence-electron chi connectivity index (χ4n) is 2.33. The average molecular weight is 293 g/mol. The van der Waals surface area contributed by atoms with Crippen LogP contribution in [0.3, 0.4) is 0 Å². The van der Waals surface area contributed by atoms with E-state index in [9.17, 15) is 9.90 Å². The molecule has 2 N–H and O–H groups in total. The molecule has 6 nitrogen and oxygen atoms in total. The summed E-state index contributed by atoms with van der Waals surface area (Å²) in [5, 5.41) is 12.4. The highest BCUT2D eigenvalue weighted by atomic mass is 16.5. The van der Waals surface area contributed by atoms with Crippen molar-refractivity contribution in [2.45, 2.75) is 39.0 Å². The molecule has 1 aromatic rings. The van der Waals surface area contributed by atoms with Crippen LogP contribution in [0.15, 0.2) is 18.3 Å². The van der Waals surface area contributed by atoms with Gasteiger partial charge in [-0.3, -0.25) is 9.78 Å². The predicted molar refractivity (Wildman–Crippen MR) is 80.1 cm³/mol. The number of ether oxygens (including phenoxy) is 1. The molecule has 2 atom stereocenters. The fourth-order valence-corrected chi connectivity index (χ4v) is 2.33. The van der Waals surface area contributed by atoms with Crippen molar-refractivity contribution in [1.82, 2.24) is 10.3 Å². The van der Waals surface area contributed by atoms with Crippen molar-refractivity contribution in [1.29, 1.82) is 0 Å². The van der Waals surface area contributed by atoms with Crippen LogP contribution < -0.4 is 10.2 Å². The molecule has 116 valence electrons. The van der Waals surface area contributed by atoms with Crippen molar-refractivity contribution in [3.8, 4) is 0 Å². The fraction of sp³-hybridized carbons (Fsp3) is 0.600. The highest BCUT2D eigenvalue weighted by molar-refractivity contribution is 5.85. The summed E-state index contributed by atoms with van der Waals surface area (Å²) >= 11 is 0. The second-order valence-corrected chi connectivity index (χ2v) is 5.56. The summed E-state index contributed by atoms with van der Waals surface area (Å²) in [6.07, 6.45) is 1.10. The van der Waals surface area contributed by atoms with E-state index >= 15 is 0 Å². The third-order valence-corrected chi connectivity index (χ3v) is 3.39. The second-order valence-electron chi connectivity index (χ2n) is 5.56. The number of nitrogens with one attached hydrogen (secondary N) is 1. The van der Waals surface area contributed by atoms with Crippen LogP contribution in [0.1, 0.15) is 32.6 Å². The summed E-state index contributed by atoms with van der Waals surface area (Å²) in [4.78, 5) is 18.5. The summed E-state index contributed by atoms with van der Waals surface area (Å²) < 4.78 is 5.44. The Balaban J connectivity index is 2.16. The number of aliphatic hydroxyl groups is 1. The Hall–Kier alpha value is -1.66. The van der Waals surface area contributed by atoms with Crippen LogP contribution in [0.2, 0.25) is 0 Å². The third-order valence-electron chi connectivity index (χ3n) is 3.39. The van der Waals surface area contributed by atoms with E-state index in [0.717, 1.165) is 5.69 Å². The van der Waals surface area contributed by atoms with Gasteiger partial charge >= 0.3 is 0 Å². The number of morpholine rings is 1. The zero-order chi connectivity index (χ0) is 15.4. The SMILES string of the molecule is CC(C)NC(=O)C1COCCN1c1ccc([C@H](C)O)nc1. The lowest BCUT2D eigenvalue weighted by molar-refractivity contribution is -0.125. The van der Waals surface area contributed by atoms with Crippen molar-refractivity contribution < 1.29 is 14.6 Å². The minimum absolute atomic E-state index is 0.0377. The highest BCUT2D eigenvalue weighted by Crippen LogP contribution is 2.21. The van der Waals surface area contributed by atoms with Crippen LogP contribution in [0.25, 0.3) is 0 Å². The van der Waals surface area contributed by atoms with E-state index in [-0.39, 0.29) is 18.0 Å². The third kappa shape index (κ3) is 3.92. The molecule has 1 saturated heterocycles. The summed E-state index contributed by atoms with van der Waals surface area (Å²) in [6, 6.07) is 3.42. The maximum Gasteiger partial charge on any atom is 0.245 e. The number of nitrogens with zero attached hydrogens (tertiary/aromatic N) is 2. The van der Waals surface area contributed by atoms with Crippen LogP contribution in [0, 0.1) is 0 Å². The van der Waals surface area contributed by atoms with Crippen LogP contribution in [0.4, 0.5) is 5.69 Å². The minimum atomic E-state index is -0.594. The first-order valence-electron chi connectivity index (χ1n) is 7.28. The lowest BCUT2D eigenvalue weighted by atomic mass is 10.1. The Morgan fingerprint density at radius 2 is 2.24 bits per heavy atom. The Morgan fingerprint density at radius 3 is 2.81 bits per heavy atom. The number of hydrogen-bond donors (Lipinski definition) is 2. The predicted octanol–water partition coefficient (Wildman–Crippen LogP) is 0.865. The van der Waals surface area contributed by atoms with Gasteiger partial charge in [-0.1, -0.05) is 0 Å². The molecule has 21 heavy (non-hydrogen) atoms. The minimum Gasteiger partial charge on any atom is -0.387 e. The molecule has 1 aromatic heterocycles. The number of rotatable bonds is 4. The number of aromatic nitrogens is 1. The van der Waals surface area contributed by atoms with Gasteiger partial charge in [-0.15, -0.1) is 0 Å². The van der Waals surface area contributed by atoms with Gasteiger partial charge in [-0.2, -0.15) is 0 Å². The van der Waals surface area contributed by atoms with Gasteiger partial charge in [0, 0.05) is 12.6 Å². The smallest absolute Gasteiger partial charge is 0.245 e. The van der Waals surface area contributed by atoms with Crippen LogP contribution in [0.5, 0.6) is 0 Å². The van der Waals surface area contributed by atoms with Crippen molar-refractivity contribution in [2.24, 2.45) is 0 Å². The van der Waals surface area contributed by atoms with Gasteiger partial charge in [0.2, 0.25) is 5.91 Å². The molecule has 0 spiro atoms. The first-order chi connectivity index (χ1) is 9.99. The van der Waals surface area contributed by atoms with Crippen LogP contribution in [-0.2, 0) is 9.53 Å². The van der Waals surface area contributed by atoms with E-state index in [4.69, 9.17) is 4.74 Å². The van der Waals surface area contributed by atoms with Crippen molar-refractivity contribution in [3.63, 3.8) is 0 Å². The Bertz CT molecular complexity index is 474. The number of aliphatic hydroxyl groups excluding tert-OH is 1. The molecule has 2 heterocycles. The van der Waals surface area contributed by atoms with E-state index < -0.39 is 6.10 Å². The first kappa shape index (κ1) is 15.7.